The lowest BCUT2D eigenvalue weighted by atomic mass is 9.94. The van der Waals surface area contributed by atoms with Crippen molar-refractivity contribution in [1.29, 1.82) is 0 Å². The third kappa shape index (κ3) is 3.03. The summed E-state index contributed by atoms with van der Waals surface area (Å²) in [5, 5.41) is 3.08. The van der Waals surface area contributed by atoms with Crippen molar-refractivity contribution in [2.24, 2.45) is 5.92 Å². The van der Waals surface area contributed by atoms with Gasteiger partial charge in [-0.2, -0.15) is 0 Å². The molecule has 5 nitrogen and oxygen atoms in total. The highest BCUT2D eigenvalue weighted by molar-refractivity contribution is 5.79. The first-order chi connectivity index (χ1) is 12.2. The summed E-state index contributed by atoms with van der Waals surface area (Å²) in [6.07, 6.45) is 2.56. The highest BCUT2D eigenvalue weighted by Gasteiger charge is 2.35. The van der Waals surface area contributed by atoms with Crippen molar-refractivity contribution in [3.8, 4) is 0 Å². The van der Waals surface area contributed by atoms with Gasteiger partial charge in [0.05, 0.1) is 30.0 Å². The first-order valence-corrected chi connectivity index (χ1v) is 8.61. The first kappa shape index (κ1) is 15.8. The molecular weight excluding hydrogens is 314 g/mol. The highest BCUT2D eigenvalue weighted by Crippen LogP contribution is 2.34. The number of pyridine rings is 1. The number of hydrogen-bond donors (Lipinski definition) is 1. The van der Waals surface area contributed by atoms with E-state index in [1.165, 1.54) is 0 Å². The van der Waals surface area contributed by atoms with E-state index in [0.29, 0.717) is 13.2 Å². The summed E-state index contributed by atoms with van der Waals surface area (Å²) in [5.74, 6) is -0.112. The summed E-state index contributed by atoms with van der Waals surface area (Å²) in [7, 11) is 0. The van der Waals surface area contributed by atoms with Gasteiger partial charge in [0, 0.05) is 12.8 Å². The maximum atomic E-state index is 12.8. The van der Waals surface area contributed by atoms with Crippen LogP contribution in [0.4, 0.5) is 0 Å². The van der Waals surface area contributed by atoms with Gasteiger partial charge >= 0.3 is 0 Å². The maximum Gasteiger partial charge on any atom is 0.226 e. The number of rotatable bonds is 4. The van der Waals surface area contributed by atoms with E-state index in [-0.39, 0.29) is 17.9 Å². The zero-order valence-corrected chi connectivity index (χ0v) is 14.2. The Morgan fingerprint density at radius 2 is 2.04 bits per heavy atom. The molecule has 1 aromatic carbocycles. The number of nitrogens with zero attached hydrogens (tertiary/aromatic N) is 2. The molecule has 0 unspecified atom stereocenters. The number of hydrogen-bond acceptors (Lipinski definition) is 3. The highest BCUT2D eigenvalue weighted by atomic mass is 16.5. The fourth-order valence-electron chi connectivity index (χ4n) is 3.51. The molecule has 3 heterocycles. The molecule has 1 aliphatic rings. The Bertz CT molecular complexity index is 888. The standard InChI is InChI=1S/C20H21N3O2/c1-14-17(23-11-6-5-9-18(23)22-14)13-21-20(24)16-10-12-25-19(16)15-7-3-2-4-8-15/h2-9,11,16,19H,10,12-13H2,1H3,(H,21,24)/t16-,19+/m1/s1. The van der Waals surface area contributed by atoms with Crippen LogP contribution >= 0.6 is 0 Å². The number of carbonyl (C=O) groups excluding carboxylic acids is 1. The minimum Gasteiger partial charge on any atom is -0.373 e. The van der Waals surface area contributed by atoms with E-state index in [0.717, 1.165) is 29.0 Å². The zero-order chi connectivity index (χ0) is 17.2. The van der Waals surface area contributed by atoms with Crippen molar-refractivity contribution in [3.05, 3.63) is 71.7 Å². The topological polar surface area (TPSA) is 55.6 Å². The molecule has 1 aliphatic heterocycles. The minimum absolute atomic E-state index is 0.0386. The second-order valence-corrected chi connectivity index (χ2v) is 6.39. The van der Waals surface area contributed by atoms with Gasteiger partial charge in [-0.25, -0.2) is 4.98 Å². The number of amides is 1. The second kappa shape index (κ2) is 6.69. The molecular formula is C20H21N3O2. The fourth-order valence-corrected chi connectivity index (χ4v) is 3.51. The summed E-state index contributed by atoms with van der Waals surface area (Å²) in [6, 6.07) is 15.9. The Morgan fingerprint density at radius 3 is 2.88 bits per heavy atom. The monoisotopic (exact) mass is 335 g/mol. The van der Waals surface area contributed by atoms with E-state index < -0.39 is 0 Å². The number of ether oxygens (including phenoxy) is 1. The van der Waals surface area contributed by atoms with Gasteiger partial charge in [-0.1, -0.05) is 36.4 Å². The van der Waals surface area contributed by atoms with E-state index >= 15 is 0 Å². The Hall–Kier alpha value is -2.66. The Morgan fingerprint density at radius 1 is 1.24 bits per heavy atom. The Labute approximate surface area is 146 Å². The van der Waals surface area contributed by atoms with E-state index in [2.05, 4.69) is 10.3 Å². The molecule has 5 heteroatoms. The van der Waals surface area contributed by atoms with Crippen LogP contribution in [0.25, 0.3) is 5.65 Å². The molecule has 0 bridgehead atoms. The molecule has 0 aliphatic carbocycles. The first-order valence-electron chi connectivity index (χ1n) is 8.61. The molecule has 0 saturated carbocycles. The molecule has 0 radical (unpaired) electrons. The molecule has 1 amide bonds. The second-order valence-electron chi connectivity index (χ2n) is 6.39. The third-order valence-electron chi connectivity index (χ3n) is 4.82. The van der Waals surface area contributed by atoms with Crippen molar-refractivity contribution in [1.82, 2.24) is 14.7 Å². The van der Waals surface area contributed by atoms with Gasteiger partial charge in [0.1, 0.15) is 5.65 Å². The SMILES string of the molecule is Cc1nc2ccccn2c1CNC(=O)[C@@H]1CCO[C@H]1c1ccccc1. The number of fused-ring (bicyclic) bond motifs is 1. The van der Waals surface area contributed by atoms with Crippen LogP contribution in [0.5, 0.6) is 0 Å². The van der Waals surface area contributed by atoms with Crippen LogP contribution in [0.3, 0.4) is 0 Å². The predicted octanol–water partition coefficient (Wildman–Crippen LogP) is 3.04. The largest absolute Gasteiger partial charge is 0.373 e. The molecule has 128 valence electrons. The van der Waals surface area contributed by atoms with Crippen LogP contribution in [-0.4, -0.2) is 21.9 Å². The molecule has 3 aromatic rings. The molecule has 2 atom stereocenters. The lowest BCUT2D eigenvalue weighted by molar-refractivity contribution is -0.127. The van der Waals surface area contributed by atoms with Crippen LogP contribution in [0.2, 0.25) is 0 Å². The van der Waals surface area contributed by atoms with Gasteiger partial charge in [0.25, 0.3) is 0 Å². The normalized spacial score (nSPS) is 20.0. The van der Waals surface area contributed by atoms with E-state index in [4.69, 9.17) is 4.74 Å². The van der Waals surface area contributed by atoms with E-state index in [1.54, 1.807) is 0 Å². The van der Waals surface area contributed by atoms with Gasteiger partial charge in [0.15, 0.2) is 0 Å². The summed E-state index contributed by atoms with van der Waals surface area (Å²) in [4.78, 5) is 17.3. The number of aromatic nitrogens is 2. The number of aryl methyl sites for hydroxylation is 1. The number of imidazole rings is 1. The molecule has 0 spiro atoms. The van der Waals surface area contributed by atoms with Gasteiger partial charge < -0.3 is 14.5 Å². The summed E-state index contributed by atoms with van der Waals surface area (Å²) >= 11 is 0. The Balaban J connectivity index is 1.49. The number of benzene rings is 1. The maximum absolute atomic E-state index is 12.8. The minimum atomic E-state index is -0.163. The molecule has 1 N–H and O–H groups in total. The van der Waals surface area contributed by atoms with Gasteiger partial charge in [-0.05, 0) is 31.0 Å². The van der Waals surface area contributed by atoms with Gasteiger partial charge in [0.2, 0.25) is 5.91 Å². The smallest absolute Gasteiger partial charge is 0.226 e. The third-order valence-corrected chi connectivity index (χ3v) is 4.82. The van der Waals surface area contributed by atoms with Crippen molar-refractivity contribution >= 4 is 11.6 Å². The fraction of sp³-hybridized carbons (Fsp3) is 0.300. The quantitative estimate of drug-likeness (QED) is 0.797. The van der Waals surface area contributed by atoms with Crippen LogP contribution in [0.15, 0.2) is 54.7 Å². The van der Waals surface area contributed by atoms with Crippen molar-refractivity contribution in [2.45, 2.75) is 26.0 Å². The van der Waals surface area contributed by atoms with Crippen LogP contribution in [0.1, 0.15) is 29.5 Å². The van der Waals surface area contributed by atoms with Crippen molar-refractivity contribution < 1.29 is 9.53 Å². The molecule has 25 heavy (non-hydrogen) atoms. The average Bonchev–Trinajstić information content (AvgIpc) is 3.25. The van der Waals surface area contributed by atoms with Gasteiger partial charge in [-0.15, -0.1) is 0 Å². The van der Waals surface area contributed by atoms with Gasteiger partial charge in [-0.3, -0.25) is 4.79 Å². The molecule has 1 fully saturated rings. The summed E-state index contributed by atoms with van der Waals surface area (Å²) in [5.41, 5.74) is 3.91. The van der Waals surface area contributed by atoms with Crippen LogP contribution in [0, 0.1) is 12.8 Å². The summed E-state index contributed by atoms with van der Waals surface area (Å²) < 4.78 is 7.85. The predicted molar refractivity (Wildman–Crippen MR) is 95.0 cm³/mol. The Kier molecular flexibility index (Phi) is 4.24. The average molecular weight is 335 g/mol. The lowest BCUT2D eigenvalue weighted by Gasteiger charge is -2.18. The molecule has 4 rings (SSSR count). The van der Waals surface area contributed by atoms with Crippen molar-refractivity contribution in [3.63, 3.8) is 0 Å². The molecule has 2 aromatic heterocycles. The summed E-state index contributed by atoms with van der Waals surface area (Å²) in [6.45, 7) is 3.06. The van der Waals surface area contributed by atoms with E-state index in [9.17, 15) is 4.79 Å². The lowest BCUT2D eigenvalue weighted by Crippen LogP contribution is -2.32. The van der Waals surface area contributed by atoms with Crippen molar-refractivity contribution in [2.75, 3.05) is 6.61 Å². The van der Waals surface area contributed by atoms with E-state index in [1.807, 2.05) is 66.1 Å². The number of nitrogens with one attached hydrogen (secondary N) is 1. The molecule has 1 saturated heterocycles. The zero-order valence-electron chi connectivity index (χ0n) is 14.2. The van der Waals surface area contributed by atoms with Crippen LogP contribution < -0.4 is 5.32 Å². The number of carbonyl (C=O) groups is 1. The van der Waals surface area contributed by atoms with Crippen LogP contribution in [-0.2, 0) is 16.1 Å².